The van der Waals surface area contributed by atoms with E-state index in [1.165, 1.54) is 23.5 Å². The second kappa shape index (κ2) is 11.6. The van der Waals surface area contributed by atoms with E-state index in [2.05, 4.69) is 26.2 Å². The fourth-order valence-corrected chi connectivity index (χ4v) is 5.54. The van der Waals surface area contributed by atoms with E-state index in [-0.39, 0.29) is 31.0 Å². The lowest BCUT2D eigenvalue weighted by Gasteiger charge is -2.18. The Morgan fingerprint density at radius 1 is 1.22 bits per heavy atom. The first-order valence-electron chi connectivity index (χ1n) is 10.6. The van der Waals surface area contributed by atoms with Crippen molar-refractivity contribution < 1.29 is 24.1 Å². The highest BCUT2D eigenvalue weighted by atomic mass is 127. The number of aliphatic hydroxyl groups excluding tert-OH is 1. The van der Waals surface area contributed by atoms with Crippen molar-refractivity contribution in [2.75, 3.05) is 18.5 Å². The van der Waals surface area contributed by atoms with E-state index in [0.29, 0.717) is 14.9 Å². The largest absolute Gasteiger partial charge is 0.493 e. The predicted octanol–water partition coefficient (Wildman–Crippen LogP) is 4.91. The van der Waals surface area contributed by atoms with Gasteiger partial charge in [-0.15, -0.1) is 11.3 Å². The van der Waals surface area contributed by atoms with Gasteiger partial charge >= 0.3 is 5.69 Å². The normalized spacial score (nSPS) is 11.9. The van der Waals surface area contributed by atoms with Gasteiger partial charge in [0.2, 0.25) is 11.8 Å². The molecule has 8 nitrogen and oxygen atoms in total. The second-order valence-corrected chi connectivity index (χ2v) is 11.4. The zero-order valence-electron chi connectivity index (χ0n) is 18.5. The summed E-state index contributed by atoms with van der Waals surface area (Å²) in [5.41, 5.74) is -0.109. The molecule has 4 aromatic rings. The van der Waals surface area contributed by atoms with Crippen LogP contribution in [0.4, 0.5) is 10.1 Å². The van der Waals surface area contributed by atoms with Crippen molar-refractivity contribution in [3.05, 3.63) is 83.1 Å². The number of amides is 1. The van der Waals surface area contributed by atoms with E-state index in [1.807, 2.05) is 28.7 Å². The standard InChI is InChI=1S/C24H20BrFIN3O5S/c25-20-8-6-16(36-20)12-19(22(32)28-18-7-3-14(27)11-17(18)26)30-23(33)21(29-24(30)34)13-1-4-15(5-2-13)35-10-9-31/h1-8,11,19,31,33H,9-10,12H2,(H,28,32)(H,29,34)/t19-/m0/s1. The summed E-state index contributed by atoms with van der Waals surface area (Å²) in [7, 11) is 0. The summed E-state index contributed by atoms with van der Waals surface area (Å²) in [5.74, 6) is -1.19. The van der Waals surface area contributed by atoms with Crippen LogP contribution in [0.1, 0.15) is 10.9 Å². The van der Waals surface area contributed by atoms with Crippen LogP contribution >= 0.6 is 49.9 Å². The summed E-state index contributed by atoms with van der Waals surface area (Å²) in [5, 5.41) is 22.5. The van der Waals surface area contributed by atoms with E-state index in [4.69, 9.17) is 9.84 Å². The molecule has 2 heterocycles. The number of hydrogen-bond donors (Lipinski definition) is 4. The smallest absolute Gasteiger partial charge is 0.329 e. The SMILES string of the molecule is O=C(Nc1ccc(I)cc1F)[C@H](Cc1ccc(Br)s1)n1c(O)c(-c2ccc(OCCO)cc2)[nH]c1=O. The van der Waals surface area contributed by atoms with Crippen LogP contribution in [-0.2, 0) is 11.2 Å². The molecule has 0 aliphatic carbocycles. The molecule has 188 valence electrons. The highest BCUT2D eigenvalue weighted by Gasteiger charge is 2.29. The van der Waals surface area contributed by atoms with E-state index in [9.17, 15) is 19.1 Å². The lowest BCUT2D eigenvalue weighted by Crippen LogP contribution is -2.33. The minimum absolute atomic E-state index is 0.0282. The number of hydrogen-bond acceptors (Lipinski definition) is 6. The van der Waals surface area contributed by atoms with Crippen molar-refractivity contribution in [3.8, 4) is 22.9 Å². The number of nitrogens with zero attached hydrogens (tertiary/aromatic N) is 1. The number of carbonyl (C=O) groups is 1. The quantitative estimate of drug-likeness (QED) is 0.187. The molecule has 2 aromatic carbocycles. The molecule has 4 rings (SSSR count). The van der Waals surface area contributed by atoms with Gasteiger partial charge in [0, 0.05) is 20.4 Å². The van der Waals surface area contributed by atoms with Gasteiger partial charge in [-0.3, -0.25) is 4.79 Å². The van der Waals surface area contributed by atoms with Gasteiger partial charge in [0.05, 0.1) is 16.1 Å². The summed E-state index contributed by atoms with van der Waals surface area (Å²) in [6.07, 6.45) is 0.0901. The molecule has 4 N–H and O–H groups in total. The molecule has 2 aromatic heterocycles. The molecule has 1 amide bonds. The van der Waals surface area contributed by atoms with Crippen LogP contribution in [0.2, 0.25) is 0 Å². The Balaban J connectivity index is 1.70. The number of benzene rings is 2. The average molecular weight is 688 g/mol. The van der Waals surface area contributed by atoms with Crippen LogP contribution in [0.25, 0.3) is 11.3 Å². The number of halogens is 3. The molecule has 0 fully saturated rings. The molecule has 36 heavy (non-hydrogen) atoms. The van der Waals surface area contributed by atoms with E-state index < -0.39 is 29.3 Å². The Bertz CT molecular complexity index is 1440. The number of aromatic hydroxyl groups is 1. The fraction of sp³-hybridized carbons (Fsp3) is 0.167. The van der Waals surface area contributed by atoms with Gasteiger partial charge < -0.3 is 25.3 Å². The van der Waals surface area contributed by atoms with Gasteiger partial charge in [0.1, 0.15) is 29.9 Å². The third-order valence-corrected chi connectivity index (χ3v) is 7.55. The van der Waals surface area contributed by atoms with Crippen molar-refractivity contribution in [1.82, 2.24) is 9.55 Å². The third kappa shape index (κ3) is 5.99. The number of nitrogens with one attached hydrogen (secondary N) is 2. The molecule has 0 unspecified atom stereocenters. The zero-order chi connectivity index (χ0) is 25.8. The lowest BCUT2D eigenvalue weighted by atomic mass is 10.1. The molecular weight excluding hydrogens is 668 g/mol. The van der Waals surface area contributed by atoms with Crippen molar-refractivity contribution in [1.29, 1.82) is 0 Å². The topological polar surface area (TPSA) is 117 Å². The van der Waals surface area contributed by atoms with Crippen molar-refractivity contribution in [2.24, 2.45) is 0 Å². The maximum Gasteiger partial charge on any atom is 0.329 e. The van der Waals surface area contributed by atoms with Crippen molar-refractivity contribution >= 4 is 61.5 Å². The summed E-state index contributed by atoms with van der Waals surface area (Å²) in [6.45, 7) is 0.00365. The third-order valence-electron chi connectivity index (χ3n) is 5.23. The Labute approximate surface area is 231 Å². The molecule has 0 spiro atoms. The van der Waals surface area contributed by atoms with Gasteiger partial charge in [-0.1, -0.05) is 0 Å². The molecule has 12 heteroatoms. The maximum absolute atomic E-state index is 14.4. The van der Waals surface area contributed by atoms with Gasteiger partial charge in [-0.25, -0.2) is 13.8 Å². The highest BCUT2D eigenvalue weighted by molar-refractivity contribution is 14.1. The number of ether oxygens (including phenoxy) is 1. The fourth-order valence-electron chi connectivity index (χ4n) is 3.57. The number of aliphatic hydroxyl groups is 1. The van der Waals surface area contributed by atoms with Crippen LogP contribution in [0.5, 0.6) is 11.6 Å². The van der Waals surface area contributed by atoms with Crippen LogP contribution in [0.15, 0.2) is 63.2 Å². The van der Waals surface area contributed by atoms with Gasteiger partial charge in [0.15, 0.2) is 0 Å². The molecule has 0 saturated carbocycles. The van der Waals surface area contributed by atoms with E-state index in [1.54, 1.807) is 36.4 Å². The zero-order valence-corrected chi connectivity index (χ0v) is 23.1. The number of thiophene rings is 1. The molecule has 0 aliphatic rings. The number of anilines is 1. The summed E-state index contributed by atoms with van der Waals surface area (Å²) >= 11 is 6.74. The first-order chi connectivity index (χ1) is 17.3. The van der Waals surface area contributed by atoms with Gasteiger partial charge in [0.25, 0.3) is 0 Å². The Kier molecular flexibility index (Phi) is 8.49. The van der Waals surface area contributed by atoms with E-state index >= 15 is 0 Å². The number of aromatic amines is 1. The monoisotopic (exact) mass is 687 g/mol. The highest BCUT2D eigenvalue weighted by Crippen LogP contribution is 2.33. The average Bonchev–Trinajstić information content (AvgIpc) is 3.39. The maximum atomic E-state index is 14.4. The number of rotatable bonds is 9. The first kappa shape index (κ1) is 26.4. The Hall–Kier alpha value is -2.68. The second-order valence-electron chi connectivity index (χ2n) is 7.63. The van der Waals surface area contributed by atoms with Crippen molar-refractivity contribution in [2.45, 2.75) is 12.5 Å². The summed E-state index contributed by atoms with van der Waals surface area (Å²) in [6, 6.07) is 13.4. The molecule has 0 radical (unpaired) electrons. The van der Waals surface area contributed by atoms with Crippen molar-refractivity contribution in [3.63, 3.8) is 0 Å². The van der Waals surface area contributed by atoms with Gasteiger partial charge in [-0.05, 0) is 93.1 Å². The van der Waals surface area contributed by atoms with Crippen LogP contribution in [0.3, 0.4) is 0 Å². The number of imidazole rings is 1. The van der Waals surface area contributed by atoms with E-state index in [0.717, 1.165) is 13.2 Å². The minimum Gasteiger partial charge on any atom is -0.493 e. The molecular formula is C24H20BrFIN3O5S. The summed E-state index contributed by atoms with van der Waals surface area (Å²) < 4.78 is 22.3. The molecule has 0 bridgehead atoms. The van der Waals surface area contributed by atoms with Gasteiger partial charge in [-0.2, -0.15) is 0 Å². The van der Waals surface area contributed by atoms with Crippen LogP contribution in [-0.4, -0.2) is 38.9 Å². The van der Waals surface area contributed by atoms with Crippen LogP contribution < -0.4 is 15.7 Å². The number of carbonyl (C=O) groups excluding carboxylic acids is 1. The number of H-pyrrole nitrogens is 1. The summed E-state index contributed by atoms with van der Waals surface area (Å²) in [4.78, 5) is 29.7. The van der Waals surface area contributed by atoms with Crippen LogP contribution in [0, 0.1) is 9.39 Å². The first-order valence-corrected chi connectivity index (χ1v) is 13.3. The predicted molar refractivity (Wildman–Crippen MR) is 147 cm³/mol. The minimum atomic E-state index is -1.17. The Morgan fingerprint density at radius 2 is 1.97 bits per heavy atom. The number of aromatic nitrogens is 2. The lowest BCUT2D eigenvalue weighted by molar-refractivity contribution is -0.119. The molecule has 0 aliphatic heterocycles. The molecule has 1 atom stereocenters. The molecule has 0 saturated heterocycles. The Morgan fingerprint density at radius 3 is 2.61 bits per heavy atom.